The SMILES string of the molecule is C=CCN(CC(=O)N(Cc1ccc2c(c1)OCO2)Cc1cccs1)C(=O)NCc1ccccc1. The normalized spacial score (nSPS) is 11.6. The molecule has 1 aliphatic heterocycles. The molecule has 0 saturated heterocycles. The lowest BCUT2D eigenvalue weighted by atomic mass is 10.2. The minimum atomic E-state index is -0.309. The van der Waals surface area contributed by atoms with Crippen molar-refractivity contribution in [3.63, 3.8) is 0 Å². The number of rotatable bonds is 10. The van der Waals surface area contributed by atoms with Crippen molar-refractivity contribution in [1.29, 1.82) is 0 Å². The number of amides is 3. The van der Waals surface area contributed by atoms with Crippen molar-refractivity contribution in [2.45, 2.75) is 19.6 Å². The third-order valence-corrected chi connectivity index (χ3v) is 6.20. The lowest BCUT2D eigenvalue weighted by Crippen LogP contribution is -2.46. The van der Waals surface area contributed by atoms with Crippen molar-refractivity contribution in [2.24, 2.45) is 0 Å². The highest BCUT2D eigenvalue weighted by atomic mass is 32.1. The van der Waals surface area contributed by atoms with Gasteiger partial charge < -0.3 is 24.6 Å². The number of urea groups is 1. The summed E-state index contributed by atoms with van der Waals surface area (Å²) in [5, 5.41) is 4.88. The van der Waals surface area contributed by atoms with Gasteiger partial charge >= 0.3 is 6.03 Å². The third-order valence-electron chi connectivity index (χ3n) is 5.34. The highest BCUT2D eigenvalue weighted by Gasteiger charge is 2.22. The second-order valence-electron chi connectivity index (χ2n) is 7.83. The largest absolute Gasteiger partial charge is 0.454 e. The lowest BCUT2D eigenvalue weighted by molar-refractivity contribution is -0.133. The smallest absolute Gasteiger partial charge is 0.318 e. The monoisotopic (exact) mass is 477 g/mol. The zero-order chi connectivity index (χ0) is 23.8. The second kappa shape index (κ2) is 11.4. The summed E-state index contributed by atoms with van der Waals surface area (Å²) in [6, 6.07) is 19.0. The van der Waals surface area contributed by atoms with Crippen LogP contribution in [0, 0.1) is 0 Å². The summed E-state index contributed by atoms with van der Waals surface area (Å²) < 4.78 is 10.9. The van der Waals surface area contributed by atoms with E-state index in [9.17, 15) is 9.59 Å². The second-order valence-corrected chi connectivity index (χ2v) is 8.86. The Labute approximate surface area is 203 Å². The molecule has 0 radical (unpaired) electrons. The molecule has 1 N–H and O–H groups in total. The van der Waals surface area contributed by atoms with Crippen LogP contribution in [0.15, 0.2) is 78.7 Å². The first kappa shape index (κ1) is 23.4. The van der Waals surface area contributed by atoms with Gasteiger partial charge in [0.15, 0.2) is 11.5 Å². The van der Waals surface area contributed by atoms with Crippen LogP contribution in [0.3, 0.4) is 0 Å². The number of carbonyl (C=O) groups excluding carboxylic acids is 2. The summed E-state index contributed by atoms with van der Waals surface area (Å²) in [6.45, 7) is 5.39. The number of nitrogens with zero attached hydrogens (tertiary/aromatic N) is 2. The number of fused-ring (bicyclic) bond motifs is 1. The Morgan fingerprint density at radius 3 is 2.56 bits per heavy atom. The summed E-state index contributed by atoms with van der Waals surface area (Å²) in [6.07, 6.45) is 1.62. The maximum absolute atomic E-state index is 13.4. The van der Waals surface area contributed by atoms with Gasteiger partial charge in [-0.2, -0.15) is 0 Å². The molecule has 2 aromatic carbocycles. The molecule has 0 bridgehead atoms. The van der Waals surface area contributed by atoms with E-state index in [1.54, 1.807) is 22.3 Å². The Balaban J connectivity index is 1.44. The summed E-state index contributed by atoms with van der Waals surface area (Å²) in [7, 11) is 0. The predicted molar refractivity (Wildman–Crippen MR) is 132 cm³/mol. The number of nitrogens with one attached hydrogen (secondary N) is 1. The Morgan fingerprint density at radius 2 is 1.79 bits per heavy atom. The number of hydrogen-bond acceptors (Lipinski definition) is 5. The van der Waals surface area contributed by atoms with Crippen molar-refractivity contribution in [3.8, 4) is 11.5 Å². The quantitative estimate of drug-likeness (QED) is 0.440. The van der Waals surface area contributed by atoms with Crippen LogP contribution in [0.25, 0.3) is 0 Å². The van der Waals surface area contributed by atoms with Crippen molar-refractivity contribution in [3.05, 3.63) is 94.7 Å². The van der Waals surface area contributed by atoms with Gasteiger partial charge in [0.25, 0.3) is 0 Å². The van der Waals surface area contributed by atoms with Gasteiger partial charge in [-0.15, -0.1) is 17.9 Å². The molecule has 0 saturated carbocycles. The van der Waals surface area contributed by atoms with Crippen LogP contribution in [0.4, 0.5) is 4.79 Å². The molecule has 4 rings (SSSR count). The van der Waals surface area contributed by atoms with Gasteiger partial charge in [0, 0.05) is 24.5 Å². The van der Waals surface area contributed by atoms with E-state index in [0.717, 1.165) is 16.0 Å². The van der Waals surface area contributed by atoms with E-state index in [1.165, 1.54) is 4.90 Å². The van der Waals surface area contributed by atoms with Crippen LogP contribution < -0.4 is 14.8 Å². The van der Waals surface area contributed by atoms with E-state index >= 15 is 0 Å². The Bertz CT molecular complexity index is 1120. The van der Waals surface area contributed by atoms with Crippen LogP contribution in [0.5, 0.6) is 11.5 Å². The van der Waals surface area contributed by atoms with Crippen LogP contribution >= 0.6 is 11.3 Å². The molecule has 3 aromatic rings. The Kier molecular flexibility index (Phi) is 7.83. The first-order chi connectivity index (χ1) is 16.6. The minimum absolute atomic E-state index is 0.0530. The molecular weight excluding hydrogens is 450 g/mol. The first-order valence-electron chi connectivity index (χ1n) is 11.0. The van der Waals surface area contributed by atoms with E-state index in [-0.39, 0.29) is 31.8 Å². The van der Waals surface area contributed by atoms with E-state index in [1.807, 2.05) is 66.0 Å². The van der Waals surface area contributed by atoms with E-state index < -0.39 is 0 Å². The summed E-state index contributed by atoms with van der Waals surface area (Å²) in [5.41, 5.74) is 1.92. The zero-order valence-corrected chi connectivity index (χ0v) is 19.6. The van der Waals surface area contributed by atoms with Gasteiger partial charge in [0.05, 0.1) is 6.54 Å². The van der Waals surface area contributed by atoms with Crippen LogP contribution in [-0.4, -0.2) is 41.6 Å². The molecule has 1 aliphatic rings. The van der Waals surface area contributed by atoms with Gasteiger partial charge in [0.1, 0.15) is 6.54 Å². The fraction of sp³-hybridized carbons (Fsp3) is 0.231. The summed E-state index contributed by atoms with van der Waals surface area (Å²) >= 11 is 1.59. The topological polar surface area (TPSA) is 71.1 Å². The predicted octanol–water partition coefficient (Wildman–Crippen LogP) is 4.40. The van der Waals surface area contributed by atoms with Crippen molar-refractivity contribution < 1.29 is 19.1 Å². The summed E-state index contributed by atoms with van der Waals surface area (Å²) in [4.78, 5) is 30.5. The van der Waals surface area contributed by atoms with Crippen LogP contribution in [0.1, 0.15) is 16.0 Å². The zero-order valence-electron chi connectivity index (χ0n) is 18.8. The molecule has 0 aliphatic carbocycles. The van der Waals surface area contributed by atoms with E-state index in [4.69, 9.17) is 9.47 Å². The van der Waals surface area contributed by atoms with E-state index in [0.29, 0.717) is 31.1 Å². The van der Waals surface area contributed by atoms with Gasteiger partial charge in [-0.3, -0.25) is 4.79 Å². The third kappa shape index (κ3) is 6.17. The number of thiophene rings is 1. The molecular formula is C26H27N3O4S. The number of benzene rings is 2. The average molecular weight is 478 g/mol. The molecule has 7 nitrogen and oxygen atoms in total. The van der Waals surface area contributed by atoms with Gasteiger partial charge in [-0.1, -0.05) is 48.5 Å². The molecule has 3 amide bonds. The standard InChI is InChI=1S/C26H27N3O4S/c1-2-12-28(26(31)27-15-20-7-4-3-5-8-20)18-25(30)29(17-22-9-6-13-34-22)16-21-10-11-23-24(14-21)33-19-32-23/h2-11,13-14H,1,12,15-19H2,(H,27,31). The van der Waals surface area contributed by atoms with Crippen molar-refractivity contribution in [2.75, 3.05) is 19.9 Å². The fourth-order valence-corrected chi connectivity index (χ4v) is 4.33. The van der Waals surface area contributed by atoms with Crippen molar-refractivity contribution >= 4 is 23.3 Å². The molecule has 176 valence electrons. The highest BCUT2D eigenvalue weighted by molar-refractivity contribution is 7.09. The molecule has 34 heavy (non-hydrogen) atoms. The minimum Gasteiger partial charge on any atom is -0.454 e. The van der Waals surface area contributed by atoms with Crippen molar-refractivity contribution in [1.82, 2.24) is 15.1 Å². The Morgan fingerprint density at radius 1 is 0.971 bits per heavy atom. The van der Waals surface area contributed by atoms with Gasteiger partial charge in [0.2, 0.25) is 12.7 Å². The molecule has 0 spiro atoms. The molecule has 1 aromatic heterocycles. The van der Waals surface area contributed by atoms with E-state index in [2.05, 4.69) is 11.9 Å². The maximum Gasteiger partial charge on any atom is 0.318 e. The first-order valence-corrected chi connectivity index (χ1v) is 11.9. The number of ether oxygens (including phenoxy) is 2. The summed E-state index contributed by atoms with van der Waals surface area (Å²) in [5.74, 6) is 1.23. The molecule has 2 heterocycles. The van der Waals surface area contributed by atoms with Gasteiger partial charge in [-0.25, -0.2) is 4.79 Å². The lowest BCUT2D eigenvalue weighted by Gasteiger charge is -2.27. The van der Waals surface area contributed by atoms with Crippen LogP contribution in [0.2, 0.25) is 0 Å². The molecule has 0 atom stereocenters. The number of carbonyl (C=O) groups is 2. The molecule has 0 unspecified atom stereocenters. The number of hydrogen-bond donors (Lipinski definition) is 1. The molecule has 8 heteroatoms. The Hall–Kier alpha value is -3.78. The molecule has 0 fully saturated rings. The van der Waals surface area contributed by atoms with Crippen LogP contribution in [-0.2, 0) is 24.4 Å². The average Bonchev–Trinajstić information content (AvgIpc) is 3.54. The van der Waals surface area contributed by atoms with Gasteiger partial charge in [-0.05, 0) is 34.7 Å². The maximum atomic E-state index is 13.4. The fourth-order valence-electron chi connectivity index (χ4n) is 3.61. The highest BCUT2D eigenvalue weighted by Crippen LogP contribution is 2.33.